The van der Waals surface area contributed by atoms with E-state index in [1.165, 1.54) is 0 Å². The van der Waals surface area contributed by atoms with Crippen LogP contribution in [0.5, 0.6) is 0 Å². The molecule has 2 atom stereocenters. The van der Waals surface area contributed by atoms with Gasteiger partial charge in [0.2, 0.25) is 0 Å². The van der Waals surface area contributed by atoms with Crippen LogP contribution < -0.4 is 5.32 Å². The van der Waals surface area contributed by atoms with Crippen LogP contribution in [0.4, 0.5) is 4.79 Å². The van der Waals surface area contributed by atoms with Gasteiger partial charge in [-0.3, -0.25) is 4.79 Å². The molecule has 0 rings (SSSR count). The van der Waals surface area contributed by atoms with Crippen molar-refractivity contribution in [1.82, 2.24) is 10.2 Å². The van der Waals surface area contributed by atoms with Gasteiger partial charge in [0.05, 0.1) is 0 Å². The predicted octanol–water partition coefficient (Wildman–Crippen LogP) is 3.35. The van der Waals surface area contributed by atoms with E-state index in [9.17, 15) is 9.59 Å². The van der Waals surface area contributed by atoms with E-state index in [2.05, 4.69) is 26.1 Å². The lowest BCUT2D eigenvalue weighted by Gasteiger charge is -2.25. The molecule has 0 fully saturated rings. The van der Waals surface area contributed by atoms with E-state index in [1.807, 2.05) is 11.8 Å². The van der Waals surface area contributed by atoms with Gasteiger partial charge in [-0.25, -0.2) is 4.79 Å². The molecule has 21 heavy (non-hydrogen) atoms. The second-order valence-corrected chi connectivity index (χ2v) is 5.78. The summed E-state index contributed by atoms with van der Waals surface area (Å²) in [6, 6.07) is -0.00844. The van der Waals surface area contributed by atoms with Crippen LogP contribution in [0.15, 0.2) is 0 Å². The third-order valence-corrected chi connectivity index (χ3v) is 4.07. The molecule has 0 aromatic rings. The first-order valence-corrected chi connectivity index (χ1v) is 8.18. The number of nitrogens with zero attached hydrogens (tertiary/aromatic N) is 1. The zero-order chi connectivity index (χ0) is 16.3. The third kappa shape index (κ3) is 9.32. The zero-order valence-electron chi connectivity index (χ0n) is 14.0. The maximum atomic E-state index is 12.1. The number of urea groups is 1. The largest absolute Gasteiger partial charge is 0.481 e. The van der Waals surface area contributed by atoms with Crippen LogP contribution >= 0.6 is 0 Å². The van der Waals surface area contributed by atoms with Gasteiger partial charge in [0, 0.05) is 26.1 Å². The van der Waals surface area contributed by atoms with E-state index in [0.717, 1.165) is 25.8 Å². The summed E-state index contributed by atoms with van der Waals surface area (Å²) < 4.78 is 0. The molecule has 2 N–H and O–H groups in total. The maximum absolute atomic E-state index is 12.1. The van der Waals surface area contributed by atoms with Crippen LogP contribution in [0, 0.1) is 11.8 Å². The van der Waals surface area contributed by atoms with E-state index in [-0.39, 0.29) is 12.5 Å². The lowest BCUT2D eigenvalue weighted by atomic mass is 9.97. The van der Waals surface area contributed by atoms with Gasteiger partial charge >= 0.3 is 12.0 Å². The molecular weight excluding hydrogens is 268 g/mol. The van der Waals surface area contributed by atoms with Crippen LogP contribution in [-0.2, 0) is 4.79 Å². The molecule has 0 radical (unpaired) electrons. The normalized spacial score (nSPS) is 13.5. The number of carboxylic acid groups (broad SMARTS) is 1. The van der Waals surface area contributed by atoms with Crippen molar-refractivity contribution in [2.24, 2.45) is 11.8 Å². The van der Waals surface area contributed by atoms with Gasteiger partial charge in [-0.1, -0.05) is 33.6 Å². The minimum atomic E-state index is -0.747. The first kappa shape index (κ1) is 19.7. The molecule has 5 heteroatoms. The highest BCUT2D eigenvalue weighted by atomic mass is 16.4. The lowest BCUT2D eigenvalue weighted by Crippen LogP contribution is -2.42. The number of nitrogens with one attached hydrogen (secondary N) is 1. The van der Waals surface area contributed by atoms with Gasteiger partial charge in [0.25, 0.3) is 0 Å². The van der Waals surface area contributed by atoms with Crippen LogP contribution in [-0.4, -0.2) is 41.6 Å². The Morgan fingerprint density at radius 1 is 1.14 bits per heavy atom. The second-order valence-electron chi connectivity index (χ2n) is 5.78. The number of rotatable bonds is 11. The van der Waals surface area contributed by atoms with Crippen LogP contribution in [0.3, 0.4) is 0 Å². The minimum absolute atomic E-state index is 0.00844. The lowest BCUT2D eigenvalue weighted by molar-refractivity contribution is -0.137. The number of hydrogen-bond donors (Lipinski definition) is 2. The Morgan fingerprint density at radius 2 is 1.81 bits per heavy atom. The van der Waals surface area contributed by atoms with Gasteiger partial charge in [-0.2, -0.15) is 0 Å². The summed E-state index contributed by atoms with van der Waals surface area (Å²) in [5.74, 6) is 0.129. The molecule has 0 aliphatic rings. The second kappa shape index (κ2) is 11.4. The summed E-state index contributed by atoms with van der Waals surface area (Å²) in [6.07, 6.45) is 3.76. The molecule has 124 valence electrons. The number of hydrogen-bond acceptors (Lipinski definition) is 2. The van der Waals surface area contributed by atoms with Gasteiger partial charge in [-0.05, 0) is 31.6 Å². The zero-order valence-corrected chi connectivity index (χ0v) is 14.0. The first-order chi connectivity index (χ1) is 9.94. The van der Waals surface area contributed by atoms with Crippen molar-refractivity contribution >= 4 is 12.0 Å². The van der Waals surface area contributed by atoms with Gasteiger partial charge in [-0.15, -0.1) is 0 Å². The SMILES string of the molecule is CCC(C)CN(CC)C(=O)NCCC(CC)CCC(=O)O. The fourth-order valence-electron chi connectivity index (χ4n) is 2.24. The number of carbonyl (C=O) groups excluding carboxylic acids is 1. The maximum Gasteiger partial charge on any atom is 0.317 e. The molecule has 5 nitrogen and oxygen atoms in total. The van der Waals surface area contributed by atoms with E-state index >= 15 is 0 Å². The molecular formula is C16H32N2O3. The van der Waals surface area contributed by atoms with Crippen molar-refractivity contribution in [1.29, 1.82) is 0 Å². The van der Waals surface area contributed by atoms with Crippen molar-refractivity contribution in [2.75, 3.05) is 19.6 Å². The Bertz CT molecular complexity index is 308. The van der Waals surface area contributed by atoms with Crippen molar-refractivity contribution in [2.45, 2.75) is 59.8 Å². The minimum Gasteiger partial charge on any atom is -0.481 e. The highest BCUT2D eigenvalue weighted by Crippen LogP contribution is 2.14. The van der Waals surface area contributed by atoms with Crippen LogP contribution in [0.2, 0.25) is 0 Å². The fraction of sp³-hybridized carbons (Fsp3) is 0.875. The molecule has 2 unspecified atom stereocenters. The number of carbonyl (C=O) groups is 2. The molecule has 0 aromatic heterocycles. The van der Waals surface area contributed by atoms with E-state index in [1.54, 1.807) is 0 Å². The quantitative estimate of drug-likeness (QED) is 0.615. The Kier molecular flexibility index (Phi) is 10.7. The van der Waals surface area contributed by atoms with Crippen molar-refractivity contribution in [3.63, 3.8) is 0 Å². The first-order valence-electron chi connectivity index (χ1n) is 8.18. The Balaban J connectivity index is 4.06. The average Bonchev–Trinajstić information content (AvgIpc) is 2.47. The Morgan fingerprint density at radius 3 is 2.29 bits per heavy atom. The standard InChI is InChI=1S/C16H32N2O3/c1-5-13(4)12-18(7-3)16(21)17-11-10-14(6-2)8-9-15(19)20/h13-14H,5-12H2,1-4H3,(H,17,21)(H,19,20). The summed E-state index contributed by atoms with van der Waals surface area (Å²) in [4.78, 5) is 24.5. The van der Waals surface area contributed by atoms with Gasteiger partial charge in [0.1, 0.15) is 0 Å². The van der Waals surface area contributed by atoms with Gasteiger partial charge < -0.3 is 15.3 Å². The molecule has 0 saturated carbocycles. The summed E-state index contributed by atoms with van der Waals surface area (Å²) in [7, 11) is 0. The van der Waals surface area contributed by atoms with Crippen molar-refractivity contribution in [3.8, 4) is 0 Å². The van der Waals surface area contributed by atoms with Crippen molar-refractivity contribution in [3.05, 3.63) is 0 Å². The molecule has 0 heterocycles. The highest BCUT2D eigenvalue weighted by Gasteiger charge is 2.14. The van der Waals surface area contributed by atoms with Crippen LogP contribution in [0.25, 0.3) is 0 Å². The Hall–Kier alpha value is -1.26. The molecule has 0 aromatic carbocycles. The number of carboxylic acids is 1. The third-order valence-electron chi connectivity index (χ3n) is 4.07. The molecule has 0 bridgehead atoms. The average molecular weight is 300 g/mol. The van der Waals surface area contributed by atoms with Crippen molar-refractivity contribution < 1.29 is 14.7 Å². The fourth-order valence-corrected chi connectivity index (χ4v) is 2.24. The van der Waals surface area contributed by atoms with Crippen LogP contribution in [0.1, 0.15) is 59.8 Å². The monoisotopic (exact) mass is 300 g/mol. The van der Waals surface area contributed by atoms with E-state index in [4.69, 9.17) is 5.11 Å². The predicted molar refractivity (Wildman–Crippen MR) is 85.4 cm³/mol. The summed E-state index contributed by atoms with van der Waals surface area (Å²) >= 11 is 0. The summed E-state index contributed by atoms with van der Waals surface area (Å²) in [5.41, 5.74) is 0. The highest BCUT2D eigenvalue weighted by molar-refractivity contribution is 5.74. The number of amides is 2. The molecule has 0 spiro atoms. The van der Waals surface area contributed by atoms with Gasteiger partial charge in [0.15, 0.2) is 0 Å². The summed E-state index contributed by atoms with van der Waals surface area (Å²) in [6.45, 7) is 10.5. The smallest absolute Gasteiger partial charge is 0.317 e. The molecule has 0 aliphatic heterocycles. The van der Waals surface area contributed by atoms with E-state index < -0.39 is 5.97 Å². The summed E-state index contributed by atoms with van der Waals surface area (Å²) in [5, 5.41) is 11.7. The topological polar surface area (TPSA) is 69.6 Å². The molecule has 0 saturated heterocycles. The Labute approximate surface area is 129 Å². The molecule has 0 aliphatic carbocycles. The number of aliphatic carboxylic acids is 1. The molecule has 2 amide bonds. The van der Waals surface area contributed by atoms with E-state index in [0.29, 0.717) is 31.3 Å².